The van der Waals surface area contributed by atoms with Crippen LogP contribution in [0.25, 0.3) is 0 Å². The Hall–Kier alpha value is -0.120. The lowest BCUT2D eigenvalue weighted by Crippen LogP contribution is -2.39. The molecule has 1 heterocycles. The second-order valence-corrected chi connectivity index (χ2v) is 5.40. The van der Waals surface area contributed by atoms with Crippen molar-refractivity contribution in [2.45, 2.75) is 58.3 Å². The molecule has 0 aromatic rings. The van der Waals surface area contributed by atoms with Gasteiger partial charge in [-0.1, -0.05) is 6.92 Å². The lowest BCUT2D eigenvalue weighted by atomic mass is 10.0. The molecular formula is C12H25NO2. The van der Waals surface area contributed by atoms with Crippen LogP contribution in [0.2, 0.25) is 0 Å². The van der Waals surface area contributed by atoms with Crippen LogP contribution in [0.4, 0.5) is 0 Å². The minimum atomic E-state index is 0.0537. The third-order valence-corrected chi connectivity index (χ3v) is 3.36. The average molecular weight is 215 g/mol. The van der Waals surface area contributed by atoms with E-state index in [9.17, 15) is 0 Å². The first-order chi connectivity index (χ1) is 6.94. The fourth-order valence-electron chi connectivity index (χ4n) is 1.90. The summed E-state index contributed by atoms with van der Waals surface area (Å²) in [5, 5.41) is 12.4. The molecule has 0 aromatic carbocycles. The molecule has 0 spiro atoms. The van der Waals surface area contributed by atoms with Gasteiger partial charge in [0.1, 0.15) is 0 Å². The summed E-state index contributed by atoms with van der Waals surface area (Å²) in [5.41, 5.74) is 0.0537. The van der Waals surface area contributed by atoms with E-state index in [2.05, 4.69) is 33.0 Å². The van der Waals surface area contributed by atoms with Crippen molar-refractivity contribution < 1.29 is 9.84 Å². The Bertz CT molecular complexity index is 194. The van der Waals surface area contributed by atoms with E-state index in [1.165, 1.54) is 0 Å². The van der Waals surface area contributed by atoms with Crippen molar-refractivity contribution in [3.8, 4) is 0 Å². The second kappa shape index (κ2) is 5.28. The quantitative estimate of drug-likeness (QED) is 0.731. The summed E-state index contributed by atoms with van der Waals surface area (Å²) in [4.78, 5) is 0. The van der Waals surface area contributed by atoms with Crippen molar-refractivity contribution in [2.24, 2.45) is 5.92 Å². The minimum Gasteiger partial charge on any atom is -0.396 e. The van der Waals surface area contributed by atoms with Gasteiger partial charge in [0.25, 0.3) is 0 Å². The zero-order valence-electron chi connectivity index (χ0n) is 10.4. The van der Waals surface area contributed by atoms with Crippen molar-refractivity contribution >= 4 is 0 Å². The summed E-state index contributed by atoms with van der Waals surface area (Å²) in [6, 6.07) is 0.349. The van der Waals surface area contributed by atoms with Gasteiger partial charge < -0.3 is 15.2 Å². The number of ether oxygens (including phenoxy) is 1. The van der Waals surface area contributed by atoms with Crippen LogP contribution in [-0.4, -0.2) is 36.0 Å². The first-order valence-electron chi connectivity index (χ1n) is 5.96. The molecule has 3 atom stereocenters. The van der Waals surface area contributed by atoms with Crippen molar-refractivity contribution in [2.75, 3.05) is 13.2 Å². The lowest BCUT2D eigenvalue weighted by molar-refractivity contribution is -0.0158. The van der Waals surface area contributed by atoms with Crippen molar-refractivity contribution in [3.63, 3.8) is 0 Å². The van der Waals surface area contributed by atoms with E-state index in [-0.39, 0.29) is 12.2 Å². The molecule has 1 aliphatic rings. The van der Waals surface area contributed by atoms with Gasteiger partial charge in [-0.2, -0.15) is 0 Å². The van der Waals surface area contributed by atoms with Crippen LogP contribution in [0, 0.1) is 5.92 Å². The van der Waals surface area contributed by atoms with Gasteiger partial charge in [0.15, 0.2) is 0 Å². The standard InChI is InChI=1S/C12H25NO2/c1-9(8-14)10(2)13-7-11-5-6-12(3,4)15-11/h9-11,13-14H,5-8H2,1-4H3. The Morgan fingerprint density at radius 1 is 1.47 bits per heavy atom. The molecule has 0 saturated carbocycles. The highest BCUT2D eigenvalue weighted by molar-refractivity contribution is 4.82. The van der Waals surface area contributed by atoms with Gasteiger partial charge in [-0.25, -0.2) is 0 Å². The van der Waals surface area contributed by atoms with Crippen LogP contribution in [0.15, 0.2) is 0 Å². The summed E-state index contributed by atoms with van der Waals surface area (Å²) in [6.07, 6.45) is 2.62. The topological polar surface area (TPSA) is 41.5 Å². The van der Waals surface area contributed by atoms with Crippen LogP contribution in [0.3, 0.4) is 0 Å². The Morgan fingerprint density at radius 2 is 2.13 bits per heavy atom. The molecule has 3 unspecified atom stereocenters. The molecule has 1 aliphatic heterocycles. The van der Waals surface area contributed by atoms with Crippen molar-refractivity contribution in [3.05, 3.63) is 0 Å². The fourth-order valence-corrected chi connectivity index (χ4v) is 1.90. The molecule has 2 N–H and O–H groups in total. The fraction of sp³-hybridized carbons (Fsp3) is 1.00. The summed E-state index contributed by atoms with van der Waals surface area (Å²) in [7, 11) is 0. The first kappa shape index (κ1) is 12.9. The van der Waals surface area contributed by atoms with E-state index < -0.39 is 0 Å². The molecule has 0 aliphatic carbocycles. The number of rotatable bonds is 5. The van der Waals surface area contributed by atoms with Gasteiger partial charge >= 0.3 is 0 Å². The summed E-state index contributed by atoms with van der Waals surface area (Å²) in [6.45, 7) is 9.60. The summed E-state index contributed by atoms with van der Waals surface area (Å²) in [5.74, 6) is 0.305. The number of hydrogen-bond acceptors (Lipinski definition) is 3. The third kappa shape index (κ3) is 4.09. The molecule has 3 heteroatoms. The van der Waals surface area contributed by atoms with Gasteiger partial charge in [0.05, 0.1) is 11.7 Å². The molecule has 0 radical (unpaired) electrons. The van der Waals surface area contributed by atoms with E-state index >= 15 is 0 Å². The Balaban J connectivity index is 2.21. The maximum absolute atomic E-state index is 9.01. The van der Waals surface area contributed by atoms with E-state index in [0.29, 0.717) is 18.1 Å². The molecule has 1 saturated heterocycles. The molecule has 0 bridgehead atoms. The van der Waals surface area contributed by atoms with Crippen LogP contribution in [0.1, 0.15) is 40.5 Å². The Kier molecular flexibility index (Phi) is 4.56. The molecule has 90 valence electrons. The van der Waals surface area contributed by atoms with E-state index in [4.69, 9.17) is 9.84 Å². The van der Waals surface area contributed by atoms with Crippen LogP contribution in [0.5, 0.6) is 0 Å². The van der Waals surface area contributed by atoms with Gasteiger partial charge in [-0.05, 0) is 39.5 Å². The van der Waals surface area contributed by atoms with Gasteiger partial charge in [-0.15, -0.1) is 0 Å². The summed E-state index contributed by atoms with van der Waals surface area (Å²) >= 11 is 0. The highest BCUT2D eigenvalue weighted by Crippen LogP contribution is 2.28. The Labute approximate surface area is 93.2 Å². The summed E-state index contributed by atoms with van der Waals surface area (Å²) < 4.78 is 5.89. The smallest absolute Gasteiger partial charge is 0.0707 e. The highest BCUT2D eigenvalue weighted by Gasteiger charge is 2.31. The normalized spacial score (nSPS) is 29.0. The monoisotopic (exact) mass is 215 g/mol. The number of nitrogens with one attached hydrogen (secondary N) is 1. The SMILES string of the molecule is CC(CO)C(C)NCC1CCC(C)(C)O1. The van der Waals surface area contributed by atoms with Gasteiger partial charge in [-0.3, -0.25) is 0 Å². The predicted molar refractivity (Wildman–Crippen MR) is 61.9 cm³/mol. The molecule has 0 amide bonds. The molecule has 15 heavy (non-hydrogen) atoms. The van der Waals surface area contributed by atoms with Gasteiger partial charge in [0, 0.05) is 19.2 Å². The second-order valence-electron chi connectivity index (χ2n) is 5.40. The maximum atomic E-state index is 9.01. The molecule has 1 fully saturated rings. The van der Waals surface area contributed by atoms with Gasteiger partial charge in [0.2, 0.25) is 0 Å². The zero-order chi connectivity index (χ0) is 11.5. The van der Waals surface area contributed by atoms with E-state index in [0.717, 1.165) is 19.4 Å². The van der Waals surface area contributed by atoms with Crippen LogP contribution >= 0.6 is 0 Å². The Morgan fingerprint density at radius 3 is 2.60 bits per heavy atom. The molecule has 0 aromatic heterocycles. The lowest BCUT2D eigenvalue weighted by Gasteiger charge is -2.23. The van der Waals surface area contributed by atoms with E-state index in [1.807, 2.05) is 0 Å². The average Bonchev–Trinajstić information content (AvgIpc) is 2.53. The maximum Gasteiger partial charge on any atom is 0.0707 e. The first-order valence-corrected chi connectivity index (χ1v) is 5.96. The number of hydrogen-bond donors (Lipinski definition) is 2. The zero-order valence-corrected chi connectivity index (χ0v) is 10.4. The van der Waals surface area contributed by atoms with E-state index in [1.54, 1.807) is 0 Å². The molecule has 1 rings (SSSR count). The molecule has 3 nitrogen and oxygen atoms in total. The predicted octanol–water partition coefficient (Wildman–Crippen LogP) is 1.55. The number of aliphatic hydroxyl groups excluding tert-OH is 1. The molecular weight excluding hydrogens is 190 g/mol. The highest BCUT2D eigenvalue weighted by atomic mass is 16.5. The third-order valence-electron chi connectivity index (χ3n) is 3.36. The number of aliphatic hydroxyl groups is 1. The largest absolute Gasteiger partial charge is 0.396 e. The van der Waals surface area contributed by atoms with Crippen molar-refractivity contribution in [1.82, 2.24) is 5.32 Å². The van der Waals surface area contributed by atoms with Crippen molar-refractivity contribution in [1.29, 1.82) is 0 Å². The van der Waals surface area contributed by atoms with Crippen LogP contribution in [-0.2, 0) is 4.74 Å². The van der Waals surface area contributed by atoms with Crippen LogP contribution < -0.4 is 5.32 Å². The minimum absolute atomic E-state index is 0.0537.